The Hall–Kier alpha value is -4.50. The van der Waals surface area contributed by atoms with Gasteiger partial charge in [0.05, 0.1) is 25.8 Å². The van der Waals surface area contributed by atoms with Gasteiger partial charge in [0.2, 0.25) is 17.7 Å². The van der Waals surface area contributed by atoms with Crippen LogP contribution in [-0.2, 0) is 9.53 Å². The molecule has 3 heterocycles. The number of hydrogen-bond acceptors (Lipinski definition) is 8. The lowest BCUT2D eigenvalue weighted by molar-refractivity contribution is -0.111. The van der Waals surface area contributed by atoms with Gasteiger partial charge in [-0.1, -0.05) is 36.9 Å². The minimum absolute atomic E-state index is 0.263. The second-order valence-electron chi connectivity index (χ2n) is 8.16. The number of para-hydroxylation sites is 1. The lowest BCUT2D eigenvalue weighted by Gasteiger charge is -2.28. The summed E-state index contributed by atoms with van der Waals surface area (Å²) in [6.45, 7) is 6.45. The number of benzene rings is 2. The van der Waals surface area contributed by atoms with Crippen molar-refractivity contribution in [3.63, 3.8) is 0 Å². The number of morpholine rings is 1. The molecule has 9 heteroatoms. The van der Waals surface area contributed by atoms with Crippen LogP contribution >= 0.6 is 0 Å². The van der Waals surface area contributed by atoms with Gasteiger partial charge in [-0.25, -0.2) is 9.97 Å². The van der Waals surface area contributed by atoms with Gasteiger partial charge in [0.25, 0.3) is 0 Å². The Morgan fingerprint density at radius 1 is 1.11 bits per heavy atom. The number of pyridine rings is 1. The Kier molecular flexibility index (Phi) is 6.72. The number of rotatable bonds is 7. The molecular weight excluding hydrogens is 456 g/mol. The molecule has 9 nitrogen and oxygen atoms in total. The van der Waals surface area contributed by atoms with E-state index in [0.29, 0.717) is 36.4 Å². The van der Waals surface area contributed by atoms with Crippen LogP contribution in [0.1, 0.15) is 0 Å². The number of aromatic nitrogens is 3. The average Bonchev–Trinajstić information content (AvgIpc) is 2.93. The molecule has 0 spiro atoms. The molecule has 5 rings (SSSR count). The maximum absolute atomic E-state index is 11.7. The van der Waals surface area contributed by atoms with Crippen molar-refractivity contribution in [2.24, 2.45) is 0 Å². The Morgan fingerprint density at radius 3 is 2.75 bits per heavy atom. The summed E-state index contributed by atoms with van der Waals surface area (Å²) in [5, 5.41) is 6.94. The van der Waals surface area contributed by atoms with Crippen LogP contribution in [0, 0.1) is 0 Å². The van der Waals surface area contributed by atoms with Gasteiger partial charge in [-0.2, -0.15) is 4.98 Å². The van der Waals surface area contributed by atoms with Crippen molar-refractivity contribution in [1.82, 2.24) is 15.0 Å². The first-order valence-electron chi connectivity index (χ1n) is 11.6. The van der Waals surface area contributed by atoms with E-state index >= 15 is 0 Å². The minimum atomic E-state index is -0.263. The number of amides is 1. The van der Waals surface area contributed by atoms with E-state index in [1.807, 2.05) is 54.6 Å². The fourth-order valence-electron chi connectivity index (χ4n) is 4.08. The Bertz CT molecular complexity index is 1420. The first-order valence-corrected chi connectivity index (χ1v) is 11.6. The highest BCUT2D eigenvalue weighted by Crippen LogP contribution is 2.31. The van der Waals surface area contributed by atoms with E-state index in [2.05, 4.69) is 32.1 Å². The van der Waals surface area contributed by atoms with Crippen molar-refractivity contribution >= 4 is 40.0 Å². The predicted molar refractivity (Wildman–Crippen MR) is 141 cm³/mol. The van der Waals surface area contributed by atoms with Crippen LogP contribution in [0.2, 0.25) is 0 Å². The van der Waals surface area contributed by atoms with Gasteiger partial charge in [0.15, 0.2) is 0 Å². The number of nitrogens with one attached hydrogen (secondary N) is 2. The van der Waals surface area contributed by atoms with Crippen molar-refractivity contribution in [2.45, 2.75) is 0 Å². The van der Waals surface area contributed by atoms with E-state index in [-0.39, 0.29) is 5.91 Å². The van der Waals surface area contributed by atoms with Crippen LogP contribution < -0.4 is 20.3 Å². The summed E-state index contributed by atoms with van der Waals surface area (Å²) >= 11 is 0. The molecule has 1 saturated heterocycles. The summed E-state index contributed by atoms with van der Waals surface area (Å²) in [7, 11) is 1.59. The molecule has 0 saturated carbocycles. The number of ether oxygens (including phenoxy) is 2. The monoisotopic (exact) mass is 482 g/mol. The van der Waals surface area contributed by atoms with Crippen molar-refractivity contribution in [1.29, 1.82) is 0 Å². The number of methoxy groups -OCH3 is 1. The van der Waals surface area contributed by atoms with E-state index in [1.54, 1.807) is 13.3 Å². The molecule has 1 aliphatic rings. The van der Waals surface area contributed by atoms with Gasteiger partial charge in [0, 0.05) is 35.9 Å². The number of nitrogens with zero attached hydrogens (tertiary/aromatic N) is 4. The summed E-state index contributed by atoms with van der Waals surface area (Å²) in [4.78, 5) is 27.9. The zero-order valence-electron chi connectivity index (χ0n) is 19.9. The van der Waals surface area contributed by atoms with Crippen LogP contribution in [0.3, 0.4) is 0 Å². The first kappa shape index (κ1) is 23.3. The summed E-state index contributed by atoms with van der Waals surface area (Å²) in [6.07, 6.45) is 3.02. The Labute approximate surface area is 208 Å². The van der Waals surface area contributed by atoms with Crippen LogP contribution in [0.25, 0.3) is 22.0 Å². The smallest absolute Gasteiger partial charge is 0.247 e. The lowest BCUT2D eigenvalue weighted by atomic mass is 10.0. The third-order valence-corrected chi connectivity index (χ3v) is 5.86. The quantitative estimate of drug-likeness (QED) is 0.374. The number of carbonyl (C=O) groups is 1. The molecule has 1 amide bonds. The molecule has 0 aliphatic carbocycles. The van der Waals surface area contributed by atoms with Gasteiger partial charge in [-0.3, -0.25) is 4.79 Å². The maximum atomic E-state index is 11.7. The highest BCUT2D eigenvalue weighted by molar-refractivity contribution is 6.00. The van der Waals surface area contributed by atoms with Crippen molar-refractivity contribution in [2.75, 3.05) is 48.9 Å². The Morgan fingerprint density at radius 2 is 1.94 bits per heavy atom. The molecule has 2 N–H and O–H groups in total. The molecular formula is C27H26N6O3. The zero-order valence-corrected chi connectivity index (χ0v) is 19.9. The highest BCUT2D eigenvalue weighted by atomic mass is 16.5. The fourth-order valence-corrected chi connectivity index (χ4v) is 4.08. The normalized spacial score (nSPS) is 13.3. The molecule has 2 aromatic heterocycles. The lowest BCUT2D eigenvalue weighted by Crippen LogP contribution is -2.36. The number of fused-ring (bicyclic) bond motifs is 1. The van der Waals surface area contributed by atoms with Gasteiger partial charge in [0.1, 0.15) is 11.5 Å². The third-order valence-electron chi connectivity index (χ3n) is 5.86. The van der Waals surface area contributed by atoms with E-state index in [0.717, 1.165) is 40.9 Å². The predicted octanol–water partition coefficient (Wildman–Crippen LogP) is 4.41. The fraction of sp³-hybridized carbons (Fsp3) is 0.185. The summed E-state index contributed by atoms with van der Waals surface area (Å²) in [6, 6.07) is 17.4. The minimum Gasteiger partial charge on any atom is -0.479 e. The van der Waals surface area contributed by atoms with E-state index in [1.165, 1.54) is 6.08 Å². The topological polar surface area (TPSA) is 102 Å². The molecule has 1 aliphatic heterocycles. The molecule has 0 atom stereocenters. The maximum Gasteiger partial charge on any atom is 0.247 e. The van der Waals surface area contributed by atoms with Crippen molar-refractivity contribution in [3.05, 3.63) is 73.4 Å². The van der Waals surface area contributed by atoms with Crippen LogP contribution in [-0.4, -0.2) is 54.3 Å². The molecule has 36 heavy (non-hydrogen) atoms. The first-order chi connectivity index (χ1) is 17.6. The second kappa shape index (κ2) is 10.4. The standard InChI is InChI=1S/C27H26N6O3/c1-3-24(34)29-20-8-4-6-18(16-20)21-9-5-7-19-17-28-27(32-25(19)21)30-22-10-11-23(31-26(22)35-2)33-12-14-36-15-13-33/h3-11,16-17H,1,12-15H2,2H3,(H,29,34)(H,28,30,32). The molecule has 4 aromatic rings. The van der Waals surface area contributed by atoms with Crippen LogP contribution in [0.4, 0.5) is 23.1 Å². The largest absolute Gasteiger partial charge is 0.479 e. The van der Waals surface area contributed by atoms with Crippen LogP contribution in [0.5, 0.6) is 5.88 Å². The molecule has 2 aromatic carbocycles. The summed E-state index contributed by atoms with van der Waals surface area (Å²) < 4.78 is 11.0. The molecule has 182 valence electrons. The molecule has 1 fully saturated rings. The second-order valence-corrected chi connectivity index (χ2v) is 8.16. The van der Waals surface area contributed by atoms with Crippen molar-refractivity contribution in [3.8, 4) is 17.0 Å². The molecule has 0 unspecified atom stereocenters. The zero-order chi connectivity index (χ0) is 24.9. The van der Waals surface area contributed by atoms with Gasteiger partial charge < -0.3 is 25.0 Å². The van der Waals surface area contributed by atoms with Gasteiger partial charge in [-0.15, -0.1) is 0 Å². The van der Waals surface area contributed by atoms with Crippen molar-refractivity contribution < 1.29 is 14.3 Å². The van der Waals surface area contributed by atoms with E-state index in [4.69, 9.17) is 14.5 Å². The van der Waals surface area contributed by atoms with E-state index < -0.39 is 0 Å². The van der Waals surface area contributed by atoms with E-state index in [9.17, 15) is 4.79 Å². The SMILES string of the molecule is C=CC(=O)Nc1cccc(-c2cccc3cnc(Nc4ccc(N5CCOCC5)nc4OC)nc23)c1. The third kappa shape index (κ3) is 4.96. The number of hydrogen-bond donors (Lipinski definition) is 2. The number of anilines is 4. The molecule has 0 radical (unpaired) electrons. The molecule has 0 bridgehead atoms. The highest BCUT2D eigenvalue weighted by Gasteiger charge is 2.16. The van der Waals surface area contributed by atoms with Crippen LogP contribution in [0.15, 0.2) is 73.4 Å². The average molecular weight is 483 g/mol. The van der Waals surface area contributed by atoms with Gasteiger partial charge in [-0.05, 0) is 35.9 Å². The Balaban J connectivity index is 1.46. The summed E-state index contributed by atoms with van der Waals surface area (Å²) in [5.41, 5.74) is 3.96. The van der Waals surface area contributed by atoms with Gasteiger partial charge >= 0.3 is 0 Å². The number of carbonyl (C=O) groups excluding carboxylic acids is 1. The summed E-state index contributed by atoms with van der Waals surface area (Å²) in [5.74, 6) is 1.46.